The van der Waals surface area contributed by atoms with Crippen LogP contribution in [-0.2, 0) is 32.9 Å². The summed E-state index contributed by atoms with van der Waals surface area (Å²) < 4.78 is 59.5. The number of anilines is 1. The largest absolute Gasteiger partial charge is 0.462 e. The number of para-hydroxylation sites is 1. The minimum atomic E-state index is -4.43. The Morgan fingerprint density at radius 2 is 1.85 bits per heavy atom. The number of carbonyl (C=O) groups excluding carboxylic acids is 2. The Balaban J connectivity index is 1.54. The Bertz CT molecular complexity index is 1690. The normalized spacial score (nSPS) is 22.4. The number of hydrogen-bond acceptors (Lipinski definition) is 12. The van der Waals surface area contributed by atoms with E-state index in [4.69, 9.17) is 23.3 Å². The first kappa shape index (κ1) is 36.5. The van der Waals surface area contributed by atoms with E-state index in [9.17, 15) is 23.7 Å². The SMILES string of the molecule is CC(C)OC(=O)[C@H](C)N[P@](=O)(OC[C@H]1O[C@@H](n2ccc(=O)[nH]c2=O)[C@](C)(F)[C@@H]1OC(=O)CCCNc1ccccn1)Oc1ccccc1. The van der Waals surface area contributed by atoms with E-state index in [0.29, 0.717) is 18.8 Å². The van der Waals surface area contributed by atoms with Crippen LogP contribution in [-0.4, -0.2) is 69.6 Å². The number of pyridine rings is 1. The van der Waals surface area contributed by atoms with Crippen molar-refractivity contribution >= 4 is 25.5 Å². The molecule has 1 saturated heterocycles. The number of H-pyrrole nitrogens is 1. The van der Waals surface area contributed by atoms with Gasteiger partial charge in [0.15, 0.2) is 18.0 Å². The molecule has 4 rings (SSSR count). The zero-order valence-electron chi connectivity index (χ0n) is 26.9. The summed E-state index contributed by atoms with van der Waals surface area (Å²) in [6.45, 7) is 5.44. The van der Waals surface area contributed by atoms with Gasteiger partial charge in [-0.05, 0) is 58.4 Å². The molecule has 1 aromatic carbocycles. The molecule has 6 atom stereocenters. The summed E-state index contributed by atoms with van der Waals surface area (Å²) in [5.74, 6) is -0.775. The number of aromatic amines is 1. The van der Waals surface area contributed by atoms with Crippen LogP contribution in [0.4, 0.5) is 10.2 Å². The first-order valence-electron chi connectivity index (χ1n) is 15.2. The fourth-order valence-electron chi connectivity index (χ4n) is 4.76. The van der Waals surface area contributed by atoms with E-state index >= 15 is 4.39 Å². The molecule has 0 radical (unpaired) electrons. The van der Waals surface area contributed by atoms with Gasteiger partial charge in [-0.2, -0.15) is 5.09 Å². The van der Waals surface area contributed by atoms with Crippen LogP contribution >= 0.6 is 7.75 Å². The van der Waals surface area contributed by atoms with Gasteiger partial charge < -0.3 is 24.1 Å². The highest BCUT2D eigenvalue weighted by atomic mass is 31.2. The van der Waals surface area contributed by atoms with Crippen LogP contribution in [0.25, 0.3) is 0 Å². The lowest BCUT2D eigenvalue weighted by molar-refractivity contribution is -0.158. The van der Waals surface area contributed by atoms with Crippen molar-refractivity contribution in [3.05, 3.63) is 87.8 Å². The smallest absolute Gasteiger partial charge is 0.459 e. The molecule has 0 amide bonds. The molecule has 0 spiro atoms. The summed E-state index contributed by atoms with van der Waals surface area (Å²) in [5.41, 5.74) is -4.24. The molecule has 0 bridgehead atoms. The number of nitrogens with zero attached hydrogens (tertiary/aromatic N) is 2. The maximum absolute atomic E-state index is 16.6. The second-order valence-electron chi connectivity index (χ2n) is 11.4. The summed E-state index contributed by atoms with van der Waals surface area (Å²) in [6, 6.07) is 13.1. The number of halogens is 1. The maximum atomic E-state index is 16.6. The average Bonchev–Trinajstić information content (AvgIpc) is 3.27. The summed E-state index contributed by atoms with van der Waals surface area (Å²) >= 11 is 0. The van der Waals surface area contributed by atoms with Crippen molar-refractivity contribution in [3.63, 3.8) is 0 Å². The molecule has 1 aliphatic rings. The molecule has 48 heavy (non-hydrogen) atoms. The van der Waals surface area contributed by atoms with E-state index in [-0.39, 0.29) is 12.2 Å². The Morgan fingerprint density at radius 1 is 1.12 bits per heavy atom. The molecule has 1 fully saturated rings. The zero-order valence-corrected chi connectivity index (χ0v) is 27.8. The Hall–Kier alpha value is -4.37. The van der Waals surface area contributed by atoms with Gasteiger partial charge in [0, 0.05) is 31.4 Å². The monoisotopic (exact) mass is 691 g/mol. The molecular formula is C31H39FN5O10P. The standard InChI is InChI=1S/C31H39FN5O10P/c1-20(2)44-28(40)21(3)36-48(42,47-22-11-6-5-7-12-22)43-19-23-27(46-26(39)14-10-17-34-24-13-8-9-16-33-24)31(4,32)29(45-23)37-18-15-25(38)35-30(37)41/h5-9,11-13,15-16,18,20-21,23,27,29H,10,14,17,19H2,1-4H3,(H,33,34)(H,36,42)(H,35,38,41)/t21-,23+,27+,29+,31+,48-/m0/s1. The van der Waals surface area contributed by atoms with Crippen LogP contribution in [0.2, 0.25) is 0 Å². The van der Waals surface area contributed by atoms with Gasteiger partial charge in [0.1, 0.15) is 23.7 Å². The number of alkyl halides is 1. The number of aromatic nitrogens is 3. The van der Waals surface area contributed by atoms with E-state index in [1.54, 1.807) is 56.4 Å². The Morgan fingerprint density at radius 3 is 2.52 bits per heavy atom. The van der Waals surface area contributed by atoms with Crippen molar-refractivity contribution in [2.45, 2.75) is 76.8 Å². The lowest BCUT2D eigenvalue weighted by atomic mass is 9.98. The summed E-state index contributed by atoms with van der Waals surface area (Å²) in [4.78, 5) is 56.0. The molecule has 15 nitrogen and oxygen atoms in total. The van der Waals surface area contributed by atoms with Gasteiger partial charge in [0.2, 0.25) is 0 Å². The number of benzene rings is 1. The van der Waals surface area contributed by atoms with Crippen LogP contribution in [0.1, 0.15) is 46.8 Å². The highest BCUT2D eigenvalue weighted by Crippen LogP contribution is 2.48. The van der Waals surface area contributed by atoms with E-state index < -0.39 is 73.8 Å². The van der Waals surface area contributed by atoms with Crippen LogP contribution in [0.3, 0.4) is 0 Å². The third kappa shape index (κ3) is 9.83. The van der Waals surface area contributed by atoms with Gasteiger partial charge in [0.05, 0.1) is 12.7 Å². The molecule has 0 saturated carbocycles. The number of hydrogen-bond donors (Lipinski definition) is 3. The van der Waals surface area contributed by atoms with E-state index in [1.807, 2.05) is 4.98 Å². The van der Waals surface area contributed by atoms with Crippen LogP contribution < -0.4 is 26.2 Å². The molecule has 2 aromatic heterocycles. The molecular weight excluding hydrogens is 652 g/mol. The Kier molecular flexibility index (Phi) is 12.3. The van der Waals surface area contributed by atoms with Gasteiger partial charge in [-0.25, -0.2) is 18.7 Å². The van der Waals surface area contributed by atoms with Crippen molar-refractivity contribution in [3.8, 4) is 5.75 Å². The lowest BCUT2D eigenvalue weighted by Crippen LogP contribution is -2.46. The molecule has 0 aliphatic carbocycles. The predicted molar refractivity (Wildman–Crippen MR) is 171 cm³/mol. The first-order valence-corrected chi connectivity index (χ1v) is 16.8. The van der Waals surface area contributed by atoms with E-state index in [1.165, 1.54) is 19.1 Å². The first-order chi connectivity index (χ1) is 22.8. The Labute approximate surface area is 275 Å². The molecule has 260 valence electrons. The third-order valence-corrected chi connectivity index (χ3v) is 8.65. The average molecular weight is 692 g/mol. The van der Waals surface area contributed by atoms with Crippen molar-refractivity contribution < 1.29 is 41.8 Å². The van der Waals surface area contributed by atoms with Crippen molar-refractivity contribution in [2.75, 3.05) is 18.5 Å². The van der Waals surface area contributed by atoms with Crippen LogP contribution in [0.5, 0.6) is 5.75 Å². The minimum Gasteiger partial charge on any atom is -0.462 e. The maximum Gasteiger partial charge on any atom is 0.459 e. The van der Waals surface area contributed by atoms with Crippen molar-refractivity contribution in [2.24, 2.45) is 0 Å². The summed E-state index contributed by atoms with van der Waals surface area (Å²) in [5, 5.41) is 5.58. The summed E-state index contributed by atoms with van der Waals surface area (Å²) in [6.07, 6.45) is -2.41. The van der Waals surface area contributed by atoms with Gasteiger partial charge >= 0.3 is 25.4 Å². The molecule has 17 heteroatoms. The number of carbonyl (C=O) groups is 2. The topological polar surface area (TPSA) is 189 Å². The summed E-state index contributed by atoms with van der Waals surface area (Å²) in [7, 11) is -4.43. The molecule has 0 unspecified atom stereocenters. The van der Waals surface area contributed by atoms with Gasteiger partial charge in [0.25, 0.3) is 5.56 Å². The second-order valence-corrected chi connectivity index (χ2v) is 13.1. The zero-order chi connectivity index (χ0) is 34.9. The fourth-order valence-corrected chi connectivity index (χ4v) is 6.27. The van der Waals surface area contributed by atoms with E-state index in [2.05, 4.69) is 15.4 Å². The third-order valence-electron chi connectivity index (χ3n) is 7.01. The minimum absolute atomic E-state index is 0.115. The van der Waals surface area contributed by atoms with Crippen molar-refractivity contribution in [1.82, 2.24) is 19.6 Å². The van der Waals surface area contributed by atoms with Crippen LogP contribution in [0.15, 0.2) is 76.6 Å². The van der Waals surface area contributed by atoms with Gasteiger partial charge in [-0.3, -0.25) is 28.5 Å². The number of rotatable bonds is 16. The van der Waals surface area contributed by atoms with Crippen LogP contribution in [0, 0.1) is 0 Å². The quantitative estimate of drug-likeness (QED) is 0.113. The predicted octanol–water partition coefficient (Wildman–Crippen LogP) is 3.49. The molecule has 3 aromatic rings. The van der Waals surface area contributed by atoms with Gasteiger partial charge in [-0.1, -0.05) is 24.3 Å². The fraction of sp³-hybridized carbons (Fsp3) is 0.452. The second kappa shape index (κ2) is 16.2. The molecule has 1 aliphatic heterocycles. The highest BCUT2D eigenvalue weighted by Gasteiger charge is 2.58. The van der Waals surface area contributed by atoms with Crippen molar-refractivity contribution in [1.29, 1.82) is 0 Å². The van der Waals surface area contributed by atoms with E-state index in [0.717, 1.165) is 23.8 Å². The number of nitrogens with one attached hydrogen (secondary N) is 3. The number of ether oxygens (including phenoxy) is 3. The number of esters is 2. The van der Waals surface area contributed by atoms with Gasteiger partial charge in [-0.15, -0.1) is 0 Å². The highest BCUT2D eigenvalue weighted by molar-refractivity contribution is 7.52. The lowest BCUT2D eigenvalue weighted by Gasteiger charge is -2.28. The molecule has 3 heterocycles. The molecule has 3 N–H and O–H groups in total.